The van der Waals surface area contributed by atoms with Crippen LogP contribution in [0.2, 0.25) is 1.41 Å². The van der Waals surface area contributed by atoms with Gasteiger partial charge in [-0.3, -0.25) is 0 Å². The summed E-state index contributed by atoms with van der Waals surface area (Å²) in [7, 11) is -4.11. The van der Waals surface area contributed by atoms with Gasteiger partial charge in [0.1, 0.15) is 12.4 Å². The molecule has 0 saturated heterocycles. The van der Waals surface area contributed by atoms with Crippen LogP contribution in [0.25, 0.3) is 0 Å². The van der Waals surface area contributed by atoms with Gasteiger partial charge in [0, 0.05) is 24.5 Å². The average molecular weight is 593 g/mol. The van der Waals surface area contributed by atoms with Gasteiger partial charge in [-0.2, -0.15) is 4.31 Å². The molecule has 0 fully saturated rings. The minimum atomic E-state index is -4.11. The molecule has 4 rings (SSSR count). The van der Waals surface area contributed by atoms with Crippen molar-refractivity contribution < 1.29 is 39.0 Å². The van der Waals surface area contributed by atoms with Crippen molar-refractivity contribution in [3.8, 4) is 17.2 Å². The fraction of sp³-hybridized carbons (Fsp3) is 0.407. The summed E-state index contributed by atoms with van der Waals surface area (Å²) < 4.78 is 52.8. The number of hydrogen-bond acceptors (Lipinski definition) is 9. The summed E-state index contributed by atoms with van der Waals surface area (Å²) in [4.78, 5) is 16.1. The van der Waals surface area contributed by atoms with Crippen molar-refractivity contribution in [1.29, 1.82) is 0 Å². The second kappa shape index (κ2) is 12.9. The summed E-state index contributed by atoms with van der Waals surface area (Å²) >= 11 is 1.53. The maximum absolute atomic E-state index is 13.6. The van der Waals surface area contributed by atoms with E-state index in [0.717, 1.165) is 15.0 Å². The Morgan fingerprint density at radius 3 is 2.58 bits per heavy atom. The Bertz CT molecular complexity index is 1450. The topological polar surface area (TPSA) is 148 Å². The van der Waals surface area contributed by atoms with Crippen molar-refractivity contribution in [2.24, 2.45) is 5.92 Å². The van der Waals surface area contributed by atoms with Gasteiger partial charge in [-0.1, -0.05) is 26.0 Å². The first kappa shape index (κ1) is 28.1. The van der Waals surface area contributed by atoms with Crippen LogP contribution < -0.4 is 19.5 Å². The SMILES string of the molecule is [2H]N(C(=O)O)[C@@H](Cc1ccc(OCc2csc(C)n2)cc1)[C@H](O)CN(CC(C)C)S(=O)(=O)c1ccc2c(c1)OCO2. The molecule has 11 nitrogen and oxygen atoms in total. The number of rotatable bonds is 13. The predicted octanol–water partition coefficient (Wildman–Crippen LogP) is 3.65. The molecule has 1 aliphatic heterocycles. The van der Waals surface area contributed by atoms with Crippen molar-refractivity contribution in [1.82, 2.24) is 14.6 Å². The zero-order valence-corrected chi connectivity index (χ0v) is 24.0. The summed E-state index contributed by atoms with van der Waals surface area (Å²) in [5.74, 6) is 1.21. The normalized spacial score (nSPS) is 14.7. The number of benzene rings is 2. The zero-order chi connectivity index (χ0) is 29.7. The Hall–Kier alpha value is -3.39. The molecule has 0 spiro atoms. The van der Waals surface area contributed by atoms with Crippen LogP contribution in [-0.4, -0.2) is 66.0 Å². The molecule has 0 bridgehead atoms. The van der Waals surface area contributed by atoms with E-state index in [1.54, 1.807) is 24.3 Å². The van der Waals surface area contributed by atoms with Crippen molar-refractivity contribution in [3.05, 3.63) is 64.1 Å². The summed E-state index contributed by atoms with van der Waals surface area (Å²) in [6.45, 7) is 5.51. The lowest BCUT2D eigenvalue weighted by Gasteiger charge is -2.30. The van der Waals surface area contributed by atoms with E-state index < -0.39 is 34.8 Å². The molecule has 2 heterocycles. The van der Waals surface area contributed by atoms with Gasteiger partial charge in [0.25, 0.3) is 0 Å². The molecule has 1 aromatic heterocycles. The largest absolute Gasteiger partial charge is 0.487 e. The molecule has 3 N–H and O–H groups in total. The molecule has 2 aromatic carbocycles. The smallest absolute Gasteiger partial charge is 0.404 e. The lowest BCUT2D eigenvalue weighted by atomic mass is 10.0. The molecule has 0 unspecified atom stereocenters. The maximum atomic E-state index is 13.6. The Morgan fingerprint density at radius 2 is 1.93 bits per heavy atom. The number of aromatic nitrogens is 1. The van der Waals surface area contributed by atoms with Gasteiger partial charge in [-0.25, -0.2) is 18.2 Å². The molecule has 40 heavy (non-hydrogen) atoms. The second-order valence-electron chi connectivity index (χ2n) is 9.77. The minimum absolute atomic E-state index is 0.0118. The number of ether oxygens (including phenoxy) is 3. The van der Waals surface area contributed by atoms with Gasteiger partial charge in [0.05, 0.1) is 27.7 Å². The van der Waals surface area contributed by atoms with E-state index in [1.807, 2.05) is 26.2 Å². The number of nitrogens with zero attached hydrogens (tertiary/aromatic N) is 2. The maximum Gasteiger partial charge on any atom is 0.404 e. The highest BCUT2D eigenvalue weighted by molar-refractivity contribution is 7.89. The van der Waals surface area contributed by atoms with Crippen molar-refractivity contribution in [2.75, 3.05) is 19.9 Å². The van der Waals surface area contributed by atoms with Crippen LogP contribution in [0.3, 0.4) is 0 Å². The number of aliphatic hydroxyl groups excluding tert-OH is 1. The first-order valence-electron chi connectivity index (χ1n) is 13.1. The quantitative estimate of drug-likeness (QED) is 0.271. The summed E-state index contributed by atoms with van der Waals surface area (Å²) in [5.41, 5.74) is 1.45. The van der Waals surface area contributed by atoms with Crippen LogP contribution in [-0.2, 0) is 23.1 Å². The number of nitrogens with one attached hydrogen (secondary N) is 1. The second-order valence-corrected chi connectivity index (χ2v) is 12.8. The Labute approximate surface area is 238 Å². The third-order valence-electron chi connectivity index (χ3n) is 6.08. The first-order valence-corrected chi connectivity index (χ1v) is 15.0. The molecular weight excluding hydrogens is 558 g/mol. The van der Waals surface area contributed by atoms with E-state index in [9.17, 15) is 23.4 Å². The van der Waals surface area contributed by atoms with Crippen molar-refractivity contribution in [3.63, 3.8) is 0 Å². The Kier molecular flexibility index (Phi) is 9.04. The van der Waals surface area contributed by atoms with Crippen LogP contribution in [0.4, 0.5) is 4.79 Å². The lowest BCUT2D eigenvalue weighted by Crippen LogP contribution is -2.50. The average Bonchev–Trinajstić information content (AvgIpc) is 3.58. The van der Waals surface area contributed by atoms with Gasteiger partial charge >= 0.3 is 6.09 Å². The Morgan fingerprint density at radius 1 is 1.20 bits per heavy atom. The molecule has 0 radical (unpaired) electrons. The number of amides is 1. The summed E-state index contributed by atoms with van der Waals surface area (Å²) in [5, 5.41) is 23.9. The molecule has 3 aromatic rings. The van der Waals surface area contributed by atoms with E-state index in [0.29, 0.717) is 29.4 Å². The van der Waals surface area contributed by atoms with Gasteiger partial charge in [-0.05, 0) is 49.1 Å². The summed E-state index contributed by atoms with van der Waals surface area (Å²) in [6, 6.07) is 9.86. The van der Waals surface area contributed by atoms with Crippen LogP contribution in [0.5, 0.6) is 17.2 Å². The third-order valence-corrected chi connectivity index (χ3v) is 8.73. The summed E-state index contributed by atoms with van der Waals surface area (Å²) in [6.07, 6.45) is -3.10. The first-order chi connectivity index (χ1) is 19.4. The van der Waals surface area contributed by atoms with Gasteiger partial charge < -0.3 is 29.7 Å². The number of thiazole rings is 1. The van der Waals surface area contributed by atoms with E-state index >= 15 is 0 Å². The molecule has 0 saturated carbocycles. The molecule has 13 heteroatoms. The number of sulfonamides is 1. The van der Waals surface area contributed by atoms with Crippen LogP contribution >= 0.6 is 11.3 Å². The monoisotopic (exact) mass is 592 g/mol. The van der Waals surface area contributed by atoms with E-state index in [4.69, 9.17) is 15.6 Å². The number of carbonyl (C=O) groups is 1. The van der Waals surface area contributed by atoms with Gasteiger partial charge in [0.15, 0.2) is 12.9 Å². The Balaban J connectivity index is 1.50. The van der Waals surface area contributed by atoms with Crippen LogP contribution in [0.15, 0.2) is 52.7 Å². The molecule has 0 aliphatic carbocycles. The number of hydrogen-bond donors (Lipinski definition) is 3. The van der Waals surface area contributed by atoms with E-state index in [-0.39, 0.29) is 35.9 Å². The fourth-order valence-corrected chi connectivity index (χ4v) is 6.43. The number of aliphatic hydroxyl groups is 1. The minimum Gasteiger partial charge on any atom is -0.487 e. The highest BCUT2D eigenvalue weighted by Crippen LogP contribution is 2.35. The fourth-order valence-electron chi connectivity index (χ4n) is 4.20. The zero-order valence-electron chi connectivity index (χ0n) is 23.4. The number of aryl methyl sites for hydroxylation is 1. The molecule has 1 aliphatic rings. The lowest BCUT2D eigenvalue weighted by molar-refractivity contribution is 0.0980. The highest BCUT2D eigenvalue weighted by atomic mass is 32.2. The van der Waals surface area contributed by atoms with Crippen LogP contribution in [0.1, 0.15) is 30.1 Å². The van der Waals surface area contributed by atoms with Crippen molar-refractivity contribution >= 4 is 27.5 Å². The van der Waals surface area contributed by atoms with Gasteiger partial charge in [-0.15, -0.1) is 11.3 Å². The molecule has 216 valence electrons. The third kappa shape index (κ3) is 7.62. The number of carboxylic acid groups (broad SMARTS) is 1. The molecular formula is C27H33N3O8S2. The number of fused-ring (bicyclic) bond motifs is 1. The van der Waals surface area contributed by atoms with Crippen molar-refractivity contribution in [2.45, 2.75) is 50.8 Å². The van der Waals surface area contributed by atoms with E-state index in [1.165, 1.54) is 29.5 Å². The van der Waals surface area contributed by atoms with E-state index in [2.05, 4.69) is 4.98 Å². The standard InChI is InChI=1S/C27H33N3O8S2/c1-17(2)12-30(40(34,35)22-8-9-25-26(11-22)38-16-37-25)13-24(31)23(29-27(32)33)10-19-4-6-21(7-5-19)36-14-20-15-39-18(3)28-20/h4-9,11,15,17,23-24,29,31H,10,12-14,16H2,1-3H3,(H,32,33)/t23-,24+/m0/s1/i/hD. The van der Waals surface area contributed by atoms with Crippen LogP contribution in [0, 0.1) is 12.8 Å². The predicted molar refractivity (Wildman–Crippen MR) is 148 cm³/mol. The van der Waals surface area contributed by atoms with Gasteiger partial charge in [0.2, 0.25) is 16.8 Å². The highest BCUT2D eigenvalue weighted by Gasteiger charge is 2.32. The molecule has 2 atom stereocenters. The molecule has 1 amide bonds.